The number of amides is 1. The lowest BCUT2D eigenvalue weighted by Gasteiger charge is -2.12. The van der Waals surface area contributed by atoms with Crippen molar-refractivity contribution in [2.24, 2.45) is 5.92 Å². The molecule has 0 radical (unpaired) electrons. The average molecular weight is 337 g/mol. The van der Waals surface area contributed by atoms with Gasteiger partial charge >= 0.3 is 0 Å². The van der Waals surface area contributed by atoms with Crippen LogP contribution in [0.5, 0.6) is 0 Å². The first-order chi connectivity index (χ1) is 11.6. The van der Waals surface area contributed by atoms with E-state index in [-0.39, 0.29) is 11.9 Å². The Bertz CT molecular complexity index is 900. The molecule has 3 heterocycles. The third kappa shape index (κ3) is 2.80. The zero-order chi connectivity index (χ0) is 16.7. The van der Waals surface area contributed by atoms with Crippen LogP contribution in [-0.2, 0) is 0 Å². The number of rotatable bonds is 4. The highest BCUT2D eigenvalue weighted by molar-refractivity contribution is 7.17. The molecule has 1 aliphatic carbocycles. The molecular weight excluding hydrogens is 318 g/mol. The molecular formula is C19H19N3OS. The number of pyridine rings is 2. The molecule has 0 saturated heterocycles. The lowest BCUT2D eigenvalue weighted by molar-refractivity contribution is 0.0938. The van der Waals surface area contributed by atoms with Crippen molar-refractivity contribution in [3.05, 3.63) is 47.1 Å². The first-order valence-corrected chi connectivity index (χ1v) is 9.11. The molecule has 1 aliphatic rings. The third-order valence-electron chi connectivity index (χ3n) is 4.60. The monoisotopic (exact) mass is 337 g/mol. The lowest BCUT2D eigenvalue weighted by atomic mass is 10.1. The molecule has 4 nitrogen and oxygen atoms in total. The summed E-state index contributed by atoms with van der Waals surface area (Å²) in [5, 5.41) is 5.05. The van der Waals surface area contributed by atoms with E-state index in [1.165, 1.54) is 12.8 Å². The van der Waals surface area contributed by atoms with E-state index >= 15 is 0 Å². The summed E-state index contributed by atoms with van der Waals surface area (Å²) in [7, 11) is 0. The summed E-state index contributed by atoms with van der Waals surface area (Å²) >= 11 is 1.58. The Morgan fingerprint density at radius 2 is 2.25 bits per heavy atom. The van der Waals surface area contributed by atoms with Crippen molar-refractivity contribution in [1.29, 1.82) is 0 Å². The van der Waals surface area contributed by atoms with E-state index in [0.717, 1.165) is 27.0 Å². The quantitative estimate of drug-likeness (QED) is 0.776. The highest BCUT2D eigenvalue weighted by atomic mass is 32.1. The van der Waals surface area contributed by atoms with E-state index in [0.29, 0.717) is 11.5 Å². The minimum absolute atomic E-state index is 0.0177. The number of aromatic nitrogens is 2. The molecule has 3 aromatic heterocycles. The van der Waals surface area contributed by atoms with Crippen LogP contribution in [0.15, 0.2) is 36.0 Å². The highest BCUT2D eigenvalue weighted by Gasteiger charge is 2.29. The second kappa shape index (κ2) is 5.98. The van der Waals surface area contributed by atoms with Crippen molar-refractivity contribution in [1.82, 2.24) is 15.3 Å². The number of hydrogen-bond donors (Lipinski definition) is 1. The first kappa shape index (κ1) is 15.3. The Morgan fingerprint density at radius 3 is 2.96 bits per heavy atom. The fourth-order valence-corrected chi connectivity index (χ4v) is 3.95. The van der Waals surface area contributed by atoms with E-state index in [9.17, 15) is 4.79 Å². The molecule has 3 aromatic rings. The van der Waals surface area contributed by atoms with Gasteiger partial charge in [0.15, 0.2) is 0 Å². The van der Waals surface area contributed by atoms with Gasteiger partial charge in [0.2, 0.25) is 0 Å². The van der Waals surface area contributed by atoms with Gasteiger partial charge in [0.05, 0.1) is 21.5 Å². The molecule has 1 fully saturated rings. The van der Waals surface area contributed by atoms with E-state index in [1.54, 1.807) is 23.7 Å². The Labute approximate surface area is 145 Å². The number of nitrogens with one attached hydrogen (secondary N) is 1. The van der Waals surface area contributed by atoms with Gasteiger partial charge in [-0.1, -0.05) is 0 Å². The summed E-state index contributed by atoms with van der Waals surface area (Å²) in [6.45, 7) is 4.15. The second-order valence-corrected chi connectivity index (χ2v) is 7.37. The van der Waals surface area contributed by atoms with Crippen LogP contribution in [-0.4, -0.2) is 21.9 Å². The summed E-state index contributed by atoms with van der Waals surface area (Å²) in [5.41, 5.74) is 4.43. The van der Waals surface area contributed by atoms with Crippen LogP contribution < -0.4 is 5.32 Å². The van der Waals surface area contributed by atoms with Gasteiger partial charge in [0, 0.05) is 29.4 Å². The number of nitrogens with zero attached hydrogens (tertiary/aromatic N) is 2. The fraction of sp³-hybridized carbons (Fsp3) is 0.316. The molecule has 0 aromatic carbocycles. The molecule has 122 valence electrons. The van der Waals surface area contributed by atoms with Gasteiger partial charge in [0.1, 0.15) is 0 Å². The minimum Gasteiger partial charge on any atom is -0.349 e. The normalized spacial score (nSPS) is 15.4. The zero-order valence-corrected chi connectivity index (χ0v) is 14.6. The Hall–Kier alpha value is -2.27. The van der Waals surface area contributed by atoms with Gasteiger partial charge in [-0.3, -0.25) is 9.78 Å². The van der Waals surface area contributed by atoms with Crippen LogP contribution in [0.1, 0.15) is 35.7 Å². The van der Waals surface area contributed by atoms with Crippen LogP contribution >= 0.6 is 11.3 Å². The molecule has 0 spiro atoms. The van der Waals surface area contributed by atoms with Crippen molar-refractivity contribution >= 4 is 27.5 Å². The van der Waals surface area contributed by atoms with E-state index < -0.39 is 0 Å². The number of fused-ring (bicyclic) bond motifs is 1. The predicted molar refractivity (Wildman–Crippen MR) is 97.2 cm³/mol. The van der Waals surface area contributed by atoms with Gasteiger partial charge in [-0.25, -0.2) is 4.98 Å². The van der Waals surface area contributed by atoms with Gasteiger partial charge in [-0.2, -0.15) is 0 Å². The third-order valence-corrected chi connectivity index (χ3v) is 5.70. The summed E-state index contributed by atoms with van der Waals surface area (Å²) in [6.07, 6.45) is 5.98. The zero-order valence-electron chi connectivity index (χ0n) is 13.7. The topological polar surface area (TPSA) is 54.9 Å². The van der Waals surface area contributed by atoms with Gasteiger partial charge in [-0.05, 0) is 56.4 Å². The van der Waals surface area contributed by atoms with Gasteiger partial charge in [0.25, 0.3) is 5.91 Å². The predicted octanol–water partition coefficient (Wildman–Crippen LogP) is 4.20. The van der Waals surface area contributed by atoms with E-state index in [4.69, 9.17) is 4.98 Å². The summed E-state index contributed by atoms with van der Waals surface area (Å²) in [4.78, 5) is 21.6. The number of carbonyl (C=O) groups excluding carboxylic acids is 1. The maximum Gasteiger partial charge on any atom is 0.254 e. The van der Waals surface area contributed by atoms with Crippen molar-refractivity contribution in [2.45, 2.75) is 32.7 Å². The van der Waals surface area contributed by atoms with Gasteiger partial charge < -0.3 is 5.32 Å². The summed E-state index contributed by atoms with van der Waals surface area (Å²) in [5.74, 6) is 0.621. The largest absolute Gasteiger partial charge is 0.349 e. The van der Waals surface area contributed by atoms with Crippen molar-refractivity contribution in [3.63, 3.8) is 0 Å². The summed E-state index contributed by atoms with van der Waals surface area (Å²) < 4.78 is 1.08. The van der Waals surface area contributed by atoms with Crippen LogP contribution in [0.4, 0.5) is 0 Å². The van der Waals surface area contributed by atoms with E-state index in [1.807, 2.05) is 17.5 Å². The molecule has 24 heavy (non-hydrogen) atoms. The van der Waals surface area contributed by atoms with Crippen LogP contribution in [0.3, 0.4) is 0 Å². The smallest absolute Gasteiger partial charge is 0.254 e. The molecule has 1 saturated carbocycles. The number of carbonyl (C=O) groups is 1. The maximum atomic E-state index is 12.7. The van der Waals surface area contributed by atoms with Crippen LogP contribution in [0.2, 0.25) is 0 Å². The number of thiophene rings is 1. The fourth-order valence-electron chi connectivity index (χ4n) is 2.99. The Kier molecular flexibility index (Phi) is 3.81. The highest BCUT2D eigenvalue weighted by Crippen LogP contribution is 2.34. The Morgan fingerprint density at radius 1 is 1.42 bits per heavy atom. The van der Waals surface area contributed by atoms with Crippen molar-refractivity contribution in [2.75, 3.05) is 0 Å². The maximum absolute atomic E-state index is 12.7. The second-order valence-electron chi connectivity index (χ2n) is 6.49. The average Bonchev–Trinajstić information content (AvgIpc) is 3.35. The molecule has 0 bridgehead atoms. The molecule has 0 aliphatic heterocycles. The Balaban J connectivity index is 1.74. The van der Waals surface area contributed by atoms with Crippen molar-refractivity contribution in [3.8, 4) is 11.3 Å². The first-order valence-electron chi connectivity index (χ1n) is 8.23. The molecule has 1 amide bonds. The molecule has 1 unspecified atom stereocenters. The molecule has 5 heteroatoms. The van der Waals surface area contributed by atoms with E-state index in [2.05, 4.69) is 30.2 Å². The van der Waals surface area contributed by atoms with Crippen molar-refractivity contribution < 1.29 is 4.79 Å². The SMILES string of the molecule is Cc1cc(-c2cccnc2)nc2c(C(=O)NC(C)C3CC3)csc12. The minimum atomic E-state index is -0.0177. The van der Waals surface area contributed by atoms with Gasteiger partial charge in [-0.15, -0.1) is 11.3 Å². The lowest BCUT2D eigenvalue weighted by Crippen LogP contribution is -2.33. The molecule has 4 rings (SSSR count). The number of hydrogen-bond acceptors (Lipinski definition) is 4. The van der Waals surface area contributed by atoms with Crippen LogP contribution in [0.25, 0.3) is 21.5 Å². The standard InChI is InChI=1S/C19H19N3OS/c1-11-8-16(14-4-3-7-20-9-14)22-17-15(10-24-18(11)17)19(23)21-12(2)13-5-6-13/h3-4,7-10,12-13H,5-6H2,1-2H3,(H,21,23). The molecule has 1 atom stereocenters. The molecule has 1 N–H and O–H groups in total. The summed E-state index contributed by atoms with van der Waals surface area (Å²) in [6, 6.07) is 6.18. The van der Waals surface area contributed by atoms with Crippen LogP contribution in [0, 0.1) is 12.8 Å². The number of aryl methyl sites for hydroxylation is 1.